The number of hydrogen-bond donors (Lipinski definition) is 2. The number of amidine groups is 1. The fourth-order valence-corrected chi connectivity index (χ4v) is 2.86. The summed E-state index contributed by atoms with van der Waals surface area (Å²) in [4.78, 5) is 18.5. The average molecular weight is 344 g/mol. The molecule has 0 saturated carbocycles. The van der Waals surface area contributed by atoms with Gasteiger partial charge in [-0.25, -0.2) is 15.0 Å². The van der Waals surface area contributed by atoms with Gasteiger partial charge in [0.1, 0.15) is 11.6 Å². The van der Waals surface area contributed by atoms with Crippen molar-refractivity contribution in [3.8, 4) is 5.75 Å². The zero-order valence-corrected chi connectivity index (χ0v) is 14.0. The zero-order valence-electron chi connectivity index (χ0n) is 14.0. The molecule has 3 heterocycles. The van der Waals surface area contributed by atoms with Gasteiger partial charge in [-0.15, -0.1) is 0 Å². The largest absolute Gasteiger partial charge is 0.496 e. The Labute approximate surface area is 144 Å². The molecule has 0 amide bonds. The Bertz CT molecular complexity index is 839. The van der Waals surface area contributed by atoms with Gasteiger partial charge in [0.15, 0.2) is 0 Å². The summed E-state index contributed by atoms with van der Waals surface area (Å²) in [5.41, 5.74) is 7.59. The van der Waals surface area contributed by atoms with Gasteiger partial charge < -0.3 is 15.4 Å². The van der Waals surface area contributed by atoms with E-state index in [4.69, 9.17) is 15.9 Å². The van der Waals surface area contributed by atoms with Crippen LogP contribution in [-0.2, 0) is 6.42 Å². The van der Waals surface area contributed by atoms with E-state index >= 15 is 0 Å². The van der Waals surface area contributed by atoms with Crippen LogP contribution >= 0.6 is 0 Å². The molecule has 8 nitrogen and oxygen atoms in total. The minimum atomic E-state index is -0.582. The van der Waals surface area contributed by atoms with Crippen molar-refractivity contribution in [2.75, 3.05) is 18.6 Å². The van der Waals surface area contributed by atoms with Gasteiger partial charge in [-0.05, 0) is 11.9 Å². The summed E-state index contributed by atoms with van der Waals surface area (Å²) < 4.78 is 18.8. The number of aliphatic imine (C=N–C) groups is 1. The van der Waals surface area contributed by atoms with Gasteiger partial charge in [0.25, 0.3) is 12.2 Å². The van der Waals surface area contributed by atoms with Crippen LogP contribution < -0.4 is 20.8 Å². The van der Waals surface area contributed by atoms with E-state index in [1.165, 1.54) is 13.2 Å². The Morgan fingerprint density at radius 1 is 1.48 bits per heavy atom. The molecular weight excluding hydrogens is 325 g/mol. The summed E-state index contributed by atoms with van der Waals surface area (Å²) in [6.45, 7) is 2.62. The van der Waals surface area contributed by atoms with Crippen LogP contribution in [0.1, 0.15) is 30.0 Å². The van der Waals surface area contributed by atoms with Crippen LogP contribution in [0.3, 0.4) is 0 Å². The van der Waals surface area contributed by atoms with E-state index in [0.29, 0.717) is 30.4 Å². The molecule has 0 saturated heterocycles. The van der Waals surface area contributed by atoms with Crippen molar-refractivity contribution in [2.24, 2.45) is 10.7 Å². The van der Waals surface area contributed by atoms with E-state index < -0.39 is 5.95 Å². The lowest BCUT2D eigenvalue weighted by molar-refractivity contribution is -0.106. The summed E-state index contributed by atoms with van der Waals surface area (Å²) in [6.07, 6.45) is 3.46. The number of hydrogen-bond acceptors (Lipinski definition) is 5. The van der Waals surface area contributed by atoms with E-state index in [0.717, 1.165) is 17.6 Å². The zero-order chi connectivity index (χ0) is 18.0. The normalized spacial score (nSPS) is 17.2. The second-order valence-electron chi connectivity index (χ2n) is 5.57. The third-order valence-corrected chi connectivity index (χ3v) is 4.13. The lowest BCUT2D eigenvalue weighted by Gasteiger charge is -2.35. The van der Waals surface area contributed by atoms with Crippen LogP contribution in [0.4, 0.5) is 10.2 Å². The van der Waals surface area contributed by atoms with E-state index in [9.17, 15) is 4.39 Å². The molecule has 0 radical (unpaired) electrons. The standard InChI is InChI=1S/C16H18FN7O/c1-9-11-7-20-16(15(19)21-8-18)22-12(11)3-4-24(9)14-6-10(25-2)5-13(17)23-14/h5-9H,3-4H2,1-2H3,(H3,18,19,21)/p+1. The molecule has 1 unspecified atom stereocenters. The fourth-order valence-electron chi connectivity index (χ4n) is 2.86. The van der Waals surface area contributed by atoms with Gasteiger partial charge in [-0.2, -0.15) is 4.39 Å². The van der Waals surface area contributed by atoms with E-state index in [1.54, 1.807) is 12.3 Å². The molecule has 0 spiro atoms. The number of anilines is 1. The maximum Gasteiger partial charge on any atom is 0.282 e. The second-order valence-corrected chi connectivity index (χ2v) is 5.57. The summed E-state index contributed by atoms with van der Waals surface area (Å²) in [6, 6.07) is 2.88. The van der Waals surface area contributed by atoms with Crippen LogP contribution in [0.5, 0.6) is 5.75 Å². The molecular formula is C16H19FN7O+. The SMILES string of the molecule is COc1cc(F)nc(N2CCc3nc(C(N)=NC=[NH2+])ncc3C2C)c1. The lowest BCUT2D eigenvalue weighted by atomic mass is 9.99. The van der Waals surface area contributed by atoms with Crippen LogP contribution in [0.25, 0.3) is 0 Å². The quantitative estimate of drug-likeness (QED) is 0.444. The number of halogens is 1. The molecule has 0 fully saturated rings. The van der Waals surface area contributed by atoms with Crippen LogP contribution in [0.15, 0.2) is 23.3 Å². The number of fused-ring (bicyclic) bond motifs is 1. The predicted molar refractivity (Wildman–Crippen MR) is 91.0 cm³/mol. The van der Waals surface area contributed by atoms with Crippen molar-refractivity contribution in [3.63, 3.8) is 0 Å². The van der Waals surface area contributed by atoms with E-state index in [2.05, 4.69) is 19.9 Å². The van der Waals surface area contributed by atoms with Crippen molar-refractivity contribution in [1.82, 2.24) is 15.0 Å². The highest BCUT2D eigenvalue weighted by Gasteiger charge is 2.28. The number of ether oxygens (including phenoxy) is 1. The molecule has 25 heavy (non-hydrogen) atoms. The maximum atomic E-state index is 13.7. The highest BCUT2D eigenvalue weighted by molar-refractivity contribution is 5.97. The Hall–Kier alpha value is -3.10. The monoisotopic (exact) mass is 344 g/mol. The average Bonchev–Trinajstić information content (AvgIpc) is 2.61. The van der Waals surface area contributed by atoms with Gasteiger partial charge in [-0.3, -0.25) is 5.41 Å². The number of nitrogens with two attached hydrogens (primary N) is 2. The van der Waals surface area contributed by atoms with Crippen LogP contribution in [0, 0.1) is 5.95 Å². The minimum absolute atomic E-state index is 0.0731. The van der Waals surface area contributed by atoms with Gasteiger partial charge in [0, 0.05) is 36.9 Å². The highest BCUT2D eigenvalue weighted by Crippen LogP contribution is 2.32. The molecule has 0 bridgehead atoms. The maximum absolute atomic E-state index is 13.7. The number of pyridine rings is 1. The molecule has 1 aliphatic heterocycles. The van der Waals surface area contributed by atoms with Gasteiger partial charge in [0.05, 0.1) is 18.8 Å². The third kappa shape index (κ3) is 3.25. The first-order chi connectivity index (χ1) is 12.0. The third-order valence-electron chi connectivity index (χ3n) is 4.13. The minimum Gasteiger partial charge on any atom is -0.496 e. The molecule has 3 rings (SSSR count). The van der Waals surface area contributed by atoms with Crippen LogP contribution in [0.2, 0.25) is 0 Å². The van der Waals surface area contributed by atoms with E-state index in [1.807, 2.05) is 11.8 Å². The molecule has 130 valence electrons. The van der Waals surface area contributed by atoms with Gasteiger partial charge in [-0.1, -0.05) is 0 Å². The highest BCUT2D eigenvalue weighted by atomic mass is 19.1. The summed E-state index contributed by atoms with van der Waals surface area (Å²) in [7, 11) is 1.49. The fraction of sp³-hybridized carbons (Fsp3) is 0.312. The lowest BCUT2D eigenvalue weighted by Crippen LogP contribution is -2.36. The van der Waals surface area contributed by atoms with Crippen molar-refractivity contribution < 1.29 is 14.5 Å². The molecule has 2 aromatic rings. The van der Waals surface area contributed by atoms with E-state index in [-0.39, 0.29) is 11.9 Å². The molecule has 2 aromatic heterocycles. The summed E-state index contributed by atoms with van der Waals surface area (Å²) >= 11 is 0. The van der Waals surface area contributed by atoms with Crippen LogP contribution in [-0.4, -0.2) is 40.8 Å². The van der Waals surface area contributed by atoms with Gasteiger partial charge >= 0.3 is 0 Å². The van der Waals surface area contributed by atoms with Gasteiger partial charge in [0.2, 0.25) is 11.8 Å². The first-order valence-electron chi connectivity index (χ1n) is 7.74. The molecule has 0 aliphatic carbocycles. The Kier molecular flexibility index (Phi) is 4.55. The van der Waals surface area contributed by atoms with Crippen molar-refractivity contribution in [3.05, 3.63) is 41.4 Å². The molecule has 1 atom stereocenters. The molecule has 1 aliphatic rings. The molecule has 9 heteroatoms. The Balaban J connectivity index is 1.94. The first-order valence-corrected chi connectivity index (χ1v) is 7.74. The number of rotatable bonds is 4. The Morgan fingerprint density at radius 2 is 2.28 bits per heavy atom. The smallest absolute Gasteiger partial charge is 0.282 e. The van der Waals surface area contributed by atoms with Crippen molar-refractivity contribution in [1.29, 1.82) is 0 Å². The molecule has 0 aromatic carbocycles. The topological polar surface area (TPSA) is 115 Å². The van der Waals surface area contributed by atoms with Crippen molar-refractivity contribution in [2.45, 2.75) is 19.4 Å². The second kappa shape index (κ2) is 6.80. The number of methoxy groups -OCH3 is 1. The predicted octanol–water partition coefficient (Wildman–Crippen LogP) is -0.364. The molecule has 4 N–H and O–H groups in total. The summed E-state index contributed by atoms with van der Waals surface area (Å²) in [5, 5.41) is 5.24. The number of aromatic nitrogens is 3. The number of nitrogens with zero attached hydrogens (tertiary/aromatic N) is 5. The first kappa shape index (κ1) is 16.7. The summed E-state index contributed by atoms with van der Waals surface area (Å²) in [5.74, 6) is 0.858. The van der Waals surface area contributed by atoms with Crippen molar-refractivity contribution >= 4 is 18.0 Å². The Morgan fingerprint density at radius 3 is 3.00 bits per heavy atom.